The molecular weight excluding hydrogens is 354 g/mol. The Labute approximate surface area is 158 Å². The van der Waals surface area contributed by atoms with E-state index in [0.717, 1.165) is 18.5 Å². The van der Waals surface area contributed by atoms with Crippen LogP contribution in [0.3, 0.4) is 0 Å². The van der Waals surface area contributed by atoms with E-state index >= 15 is 0 Å². The number of amides is 3. The van der Waals surface area contributed by atoms with Crippen LogP contribution in [-0.4, -0.2) is 64.6 Å². The van der Waals surface area contributed by atoms with Crippen molar-refractivity contribution in [3.8, 4) is 0 Å². The van der Waals surface area contributed by atoms with E-state index in [9.17, 15) is 14.4 Å². The van der Waals surface area contributed by atoms with Crippen molar-refractivity contribution in [1.82, 2.24) is 14.7 Å². The summed E-state index contributed by atoms with van der Waals surface area (Å²) in [6.07, 6.45) is 2.23. The predicted molar refractivity (Wildman–Crippen MR) is 98.5 cm³/mol. The third-order valence-corrected chi connectivity index (χ3v) is 5.48. The van der Waals surface area contributed by atoms with E-state index in [-0.39, 0.29) is 24.3 Å². The number of benzene rings is 1. The van der Waals surface area contributed by atoms with E-state index in [1.807, 2.05) is 23.1 Å². The maximum atomic E-state index is 12.7. The molecule has 140 valence electrons. The Bertz CT molecular complexity index is 709. The van der Waals surface area contributed by atoms with E-state index in [2.05, 4.69) is 0 Å². The molecule has 0 unspecified atom stereocenters. The monoisotopic (exact) mass is 377 g/mol. The Balaban J connectivity index is 1.56. The molecule has 3 amide bonds. The lowest BCUT2D eigenvalue weighted by Crippen LogP contribution is -2.58. The van der Waals surface area contributed by atoms with Gasteiger partial charge in [-0.15, -0.1) is 0 Å². The van der Waals surface area contributed by atoms with Crippen LogP contribution in [0.25, 0.3) is 0 Å². The fraction of sp³-hybridized carbons (Fsp3) is 0.526. The quantitative estimate of drug-likeness (QED) is 0.760. The van der Waals surface area contributed by atoms with Gasteiger partial charge in [0, 0.05) is 37.6 Å². The average molecular weight is 378 g/mol. The molecule has 2 fully saturated rings. The summed E-state index contributed by atoms with van der Waals surface area (Å²) in [6, 6.07) is 6.84. The lowest BCUT2D eigenvalue weighted by molar-refractivity contribution is -0.155. The summed E-state index contributed by atoms with van der Waals surface area (Å²) in [5.74, 6) is 0.0593. The third kappa shape index (κ3) is 4.01. The fourth-order valence-electron chi connectivity index (χ4n) is 3.56. The number of carbonyl (C=O) groups excluding carboxylic acids is 3. The summed E-state index contributed by atoms with van der Waals surface area (Å²) in [4.78, 5) is 41.9. The second-order valence-corrected chi connectivity index (χ2v) is 7.29. The van der Waals surface area contributed by atoms with Crippen LogP contribution in [0.1, 0.15) is 31.7 Å². The molecule has 0 aliphatic carbocycles. The second kappa shape index (κ2) is 8.08. The number of likely N-dealkylation sites (tertiary alicyclic amines) is 1. The molecule has 2 aliphatic heterocycles. The zero-order valence-electron chi connectivity index (χ0n) is 15.0. The lowest BCUT2D eigenvalue weighted by atomic mass is 10.1. The minimum atomic E-state index is -0.513. The van der Waals surface area contributed by atoms with Crippen molar-refractivity contribution in [2.45, 2.75) is 38.8 Å². The van der Waals surface area contributed by atoms with Crippen LogP contribution in [0.5, 0.6) is 0 Å². The van der Waals surface area contributed by atoms with Gasteiger partial charge < -0.3 is 14.7 Å². The molecule has 26 heavy (non-hydrogen) atoms. The lowest BCUT2D eigenvalue weighted by Gasteiger charge is -2.39. The molecule has 3 rings (SSSR count). The molecule has 6 nitrogen and oxygen atoms in total. The summed E-state index contributed by atoms with van der Waals surface area (Å²) in [7, 11) is 0. The third-order valence-electron chi connectivity index (χ3n) is 5.11. The van der Waals surface area contributed by atoms with Gasteiger partial charge in [0.25, 0.3) is 0 Å². The summed E-state index contributed by atoms with van der Waals surface area (Å²) < 4.78 is 0. The number of nitrogens with zero attached hydrogens (tertiary/aromatic N) is 3. The number of carbonyl (C=O) groups is 3. The van der Waals surface area contributed by atoms with Gasteiger partial charge in [0.15, 0.2) is 0 Å². The van der Waals surface area contributed by atoms with Crippen molar-refractivity contribution < 1.29 is 14.4 Å². The van der Waals surface area contributed by atoms with Crippen LogP contribution < -0.4 is 0 Å². The SMILES string of the molecule is C[C@H]1C(=O)N(CCCN2CCCC2=O)CC(=O)N1Cc1ccccc1Cl. The summed E-state index contributed by atoms with van der Waals surface area (Å²) in [6.45, 7) is 4.12. The van der Waals surface area contributed by atoms with Crippen LogP contribution >= 0.6 is 11.6 Å². The molecular formula is C19H24ClN3O3. The molecule has 2 saturated heterocycles. The average Bonchev–Trinajstić information content (AvgIpc) is 3.02. The van der Waals surface area contributed by atoms with Gasteiger partial charge in [-0.25, -0.2) is 0 Å². The van der Waals surface area contributed by atoms with Gasteiger partial charge in [0.05, 0.1) is 6.54 Å². The van der Waals surface area contributed by atoms with Gasteiger partial charge in [-0.3, -0.25) is 14.4 Å². The molecule has 7 heteroatoms. The van der Waals surface area contributed by atoms with Gasteiger partial charge in [0.2, 0.25) is 17.7 Å². The van der Waals surface area contributed by atoms with Crippen LogP contribution in [0.4, 0.5) is 0 Å². The zero-order valence-corrected chi connectivity index (χ0v) is 15.7. The highest BCUT2D eigenvalue weighted by atomic mass is 35.5. The normalized spacial score (nSPS) is 21.1. The largest absolute Gasteiger partial charge is 0.343 e. The highest BCUT2D eigenvalue weighted by Crippen LogP contribution is 2.21. The van der Waals surface area contributed by atoms with Crippen molar-refractivity contribution in [2.24, 2.45) is 0 Å². The van der Waals surface area contributed by atoms with Crippen molar-refractivity contribution in [3.63, 3.8) is 0 Å². The molecule has 0 radical (unpaired) electrons. The number of hydrogen-bond acceptors (Lipinski definition) is 3. The van der Waals surface area contributed by atoms with Gasteiger partial charge in [-0.1, -0.05) is 29.8 Å². The van der Waals surface area contributed by atoms with Crippen molar-refractivity contribution in [1.29, 1.82) is 0 Å². The van der Waals surface area contributed by atoms with E-state index in [1.54, 1.807) is 22.8 Å². The first kappa shape index (κ1) is 18.7. The fourth-order valence-corrected chi connectivity index (χ4v) is 3.76. The first-order valence-corrected chi connectivity index (χ1v) is 9.44. The number of hydrogen-bond donors (Lipinski definition) is 0. The standard InChI is InChI=1S/C19H24ClN3O3/c1-14-19(26)22(11-5-10-21-9-4-8-17(21)24)13-18(25)23(14)12-15-6-2-3-7-16(15)20/h2-3,6-7,14H,4-5,8-13H2,1H3/t14-/m0/s1. The Morgan fingerprint density at radius 3 is 2.50 bits per heavy atom. The Morgan fingerprint density at radius 1 is 1.08 bits per heavy atom. The van der Waals surface area contributed by atoms with Gasteiger partial charge in [-0.2, -0.15) is 0 Å². The van der Waals surface area contributed by atoms with Crippen LogP contribution in [0.2, 0.25) is 5.02 Å². The number of halogens is 1. The molecule has 0 N–H and O–H groups in total. The van der Waals surface area contributed by atoms with E-state index in [4.69, 9.17) is 11.6 Å². The molecule has 2 aliphatic rings. The highest BCUT2D eigenvalue weighted by Gasteiger charge is 2.36. The molecule has 1 atom stereocenters. The molecule has 0 spiro atoms. The van der Waals surface area contributed by atoms with Gasteiger partial charge in [0.1, 0.15) is 6.04 Å². The van der Waals surface area contributed by atoms with E-state index < -0.39 is 6.04 Å². The summed E-state index contributed by atoms with van der Waals surface area (Å²) in [5.41, 5.74) is 0.836. The molecule has 0 aromatic heterocycles. The first-order chi connectivity index (χ1) is 12.5. The molecule has 0 saturated carbocycles. The highest BCUT2D eigenvalue weighted by molar-refractivity contribution is 6.31. The van der Waals surface area contributed by atoms with Crippen molar-refractivity contribution >= 4 is 29.3 Å². The minimum Gasteiger partial charge on any atom is -0.343 e. The first-order valence-electron chi connectivity index (χ1n) is 9.07. The molecule has 1 aromatic carbocycles. The molecule has 1 aromatic rings. The maximum Gasteiger partial charge on any atom is 0.245 e. The summed E-state index contributed by atoms with van der Waals surface area (Å²) in [5, 5.41) is 0.595. The molecule has 0 bridgehead atoms. The number of rotatable bonds is 6. The smallest absolute Gasteiger partial charge is 0.245 e. The van der Waals surface area contributed by atoms with Gasteiger partial charge in [-0.05, 0) is 31.4 Å². The van der Waals surface area contributed by atoms with Crippen molar-refractivity contribution in [3.05, 3.63) is 34.9 Å². The zero-order chi connectivity index (χ0) is 18.7. The topological polar surface area (TPSA) is 60.9 Å². The van der Waals surface area contributed by atoms with Crippen molar-refractivity contribution in [2.75, 3.05) is 26.2 Å². The Hall–Kier alpha value is -2.08. The minimum absolute atomic E-state index is 0.0515. The van der Waals surface area contributed by atoms with Crippen LogP contribution in [-0.2, 0) is 20.9 Å². The Morgan fingerprint density at radius 2 is 1.81 bits per heavy atom. The van der Waals surface area contributed by atoms with E-state index in [0.29, 0.717) is 37.5 Å². The molecule has 2 heterocycles. The second-order valence-electron chi connectivity index (χ2n) is 6.89. The summed E-state index contributed by atoms with van der Waals surface area (Å²) >= 11 is 6.18. The maximum absolute atomic E-state index is 12.7. The van der Waals surface area contributed by atoms with Crippen LogP contribution in [0, 0.1) is 0 Å². The Kier molecular flexibility index (Phi) is 5.81. The van der Waals surface area contributed by atoms with Gasteiger partial charge >= 0.3 is 0 Å². The predicted octanol–water partition coefficient (Wildman–Crippen LogP) is 1.91. The van der Waals surface area contributed by atoms with Crippen LogP contribution in [0.15, 0.2) is 24.3 Å². The number of piperazine rings is 1. The van der Waals surface area contributed by atoms with E-state index in [1.165, 1.54) is 0 Å².